The summed E-state index contributed by atoms with van der Waals surface area (Å²) in [4.78, 5) is 30.0. The molecule has 32 heavy (non-hydrogen) atoms. The molecule has 2 amide bonds. The highest BCUT2D eigenvalue weighted by Crippen LogP contribution is 2.37. The van der Waals surface area contributed by atoms with E-state index < -0.39 is 5.41 Å². The van der Waals surface area contributed by atoms with Crippen LogP contribution >= 0.6 is 11.3 Å². The summed E-state index contributed by atoms with van der Waals surface area (Å²) in [5.41, 5.74) is 3.37. The van der Waals surface area contributed by atoms with Crippen molar-refractivity contribution in [1.29, 1.82) is 0 Å². The summed E-state index contributed by atoms with van der Waals surface area (Å²) in [7, 11) is 5.14. The highest BCUT2D eigenvalue weighted by molar-refractivity contribution is 7.08. The second-order valence-electron chi connectivity index (χ2n) is 8.54. The Kier molecular flexibility index (Phi) is 6.33. The molecule has 0 spiro atoms. The summed E-state index contributed by atoms with van der Waals surface area (Å²) in [6.45, 7) is 0.941. The Bertz CT molecular complexity index is 1090. The molecule has 166 valence electrons. The van der Waals surface area contributed by atoms with Crippen molar-refractivity contribution in [2.45, 2.75) is 12.8 Å². The van der Waals surface area contributed by atoms with Gasteiger partial charge in [0.2, 0.25) is 5.91 Å². The summed E-state index contributed by atoms with van der Waals surface area (Å²) >= 11 is 1.68. The quantitative estimate of drug-likeness (QED) is 0.554. The summed E-state index contributed by atoms with van der Waals surface area (Å²) in [6.07, 6.45) is 1.24. The predicted octanol–water partition coefficient (Wildman–Crippen LogP) is 4.59. The van der Waals surface area contributed by atoms with E-state index in [1.165, 1.54) is 11.1 Å². The largest absolute Gasteiger partial charge is 0.496 e. The molecule has 6 heteroatoms. The topological polar surface area (TPSA) is 49.9 Å². The maximum atomic E-state index is 13.3. The third-order valence-electron chi connectivity index (χ3n) is 6.19. The van der Waals surface area contributed by atoms with Crippen molar-refractivity contribution in [3.05, 3.63) is 76.5 Å². The minimum absolute atomic E-state index is 0.0646. The molecule has 1 aliphatic heterocycles. The number of hydrogen-bond donors (Lipinski definition) is 0. The van der Waals surface area contributed by atoms with E-state index in [0.717, 1.165) is 5.56 Å². The average molecular weight is 449 g/mol. The molecule has 5 nitrogen and oxygen atoms in total. The number of rotatable bonds is 6. The van der Waals surface area contributed by atoms with Crippen LogP contribution in [0.4, 0.5) is 0 Å². The van der Waals surface area contributed by atoms with Crippen molar-refractivity contribution in [2.75, 3.05) is 34.3 Å². The Hall–Kier alpha value is -3.12. The first-order valence-electron chi connectivity index (χ1n) is 10.7. The first kappa shape index (κ1) is 22.1. The molecule has 4 rings (SSSR count). The summed E-state index contributed by atoms with van der Waals surface area (Å²) in [6, 6.07) is 17.8. The fourth-order valence-corrected chi connectivity index (χ4v) is 5.21. The van der Waals surface area contributed by atoms with E-state index in [-0.39, 0.29) is 11.8 Å². The highest BCUT2D eigenvalue weighted by atomic mass is 32.1. The summed E-state index contributed by atoms with van der Waals surface area (Å²) < 4.78 is 5.38. The lowest BCUT2D eigenvalue weighted by Gasteiger charge is -2.31. The molecule has 0 N–H and O–H groups in total. The Morgan fingerprint density at radius 3 is 2.47 bits per heavy atom. The standard InChI is InChI=1S/C26H28N2O3S/c1-27(2)25(30)26(16-19-8-10-20(11-9-19)21-12-15-32-17-21)13-14-28(18-26)24(29)22-6-4-5-7-23(22)31-3/h4-12,15,17H,13-14,16,18H2,1-3H3/t26-/m0/s1. The zero-order chi connectivity index (χ0) is 22.7. The van der Waals surface area contributed by atoms with Gasteiger partial charge in [-0.2, -0.15) is 11.3 Å². The molecular formula is C26H28N2O3S. The predicted molar refractivity (Wildman–Crippen MR) is 128 cm³/mol. The maximum absolute atomic E-state index is 13.3. The number of likely N-dealkylation sites (tertiary alicyclic amines) is 1. The number of carbonyl (C=O) groups excluding carboxylic acids is 2. The number of methoxy groups -OCH3 is 1. The lowest BCUT2D eigenvalue weighted by atomic mass is 9.79. The van der Waals surface area contributed by atoms with Crippen molar-refractivity contribution >= 4 is 23.2 Å². The zero-order valence-electron chi connectivity index (χ0n) is 18.7. The van der Waals surface area contributed by atoms with E-state index in [2.05, 4.69) is 41.1 Å². The van der Waals surface area contributed by atoms with E-state index in [1.54, 1.807) is 54.5 Å². The van der Waals surface area contributed by atoms with E-state index in [4.69, 9.17) is 4.74 Å². The normalized spacial score (nSPS) is 17.9. The van der Waals surface area contributed by atoms with Gasteiger partial charge in [-0.15, -0.1) is 0 Å². The molecule has 3 aromatic rings. The van der Waals surface area contributed by atoms with Crippen LogP contribution in [-0.4, -0.2) is 55.9 Å². The van der Waals surface area contributed by atoms with Crippen molar-refractivity contribution in [3.63, 3.8) is 0 Å². The molecule has 0 aliphatic carbocycles. The smallest absolute Gasteiger partial charge is 0.257 e. The number of nitrogens with zero attached hydrogens (tertiary/aromatic N) is 2. The number of hydrogen-bond acceptors (Lipinski definition) is 4. The number of amides is 2. The average Bonchev–Trinajstić information content (AvgIpc) is 3.50. The van der Waals surface area contributed by atoms with Crippen LogP contribution in [0.15, 0.2) is 65.4 Å². The zero-order valence-corrected chi connectivity index (χ0v) is 19.5. The molecule has 1 aromatic heterocycles. The minimum Gasteiger partial charge on any atom is -0.496 e. The van der Waals surface area contributed by atoms with Gasteiger partial charge >= 0.3 is 0 Å². The van der Waals surface area contributed by atoms with Gasteiger partial charge < -0.3 is 14.5 Å². The van der Waals surface area contributed by atoms with Gasteiger partial charge in [-0.3, -0.25) is 9.59 Å². The highest BCUT2D eigenvalue weighted by Gasteiger charge is 2.47. The van der Waals surface area contributed by atoms with Crippen LogP contribution in [0.1, 0.15) is 22.3 Å². The Labute approximate surface area is 193 Å². The molecular weight excluding hydrogens is 420 g/mol. The van der Waals surface area contributed by atoms with Crippen LogP contribution in [0, 0.1) is 5.41 Å². The first-order valence-corrected chi connectivity index (χ1v) is 11.6. The summed E-state index contributed by atoms with van der Waals surface area (Å²) in [5, 5.41) is 4.20. The Morgan fingerprint density at radius 2 is 1.81 bits per heavy atom. The van der Waals surface area contributed by atoms with Gasteiger partial charge in [0, 0.05) is 27.2 Å². The molecule has 0 saturated carbocycles. The molecule has 1 saturated heterocycles. The van der Waals surface area contributed by atoms with Crippen molar-refractivity contribution in [1.82, 2.24) is 9.80 Å². The van der Waals surface area contributed by atoms with Crippen molar-refractivity contribution in [2.24, 2.45) is 5.41 Å². The second kappa shape index (κ2) is 9.17. The van der Waals surface area contributed by atoms with Gasteiger partial charge in [-0.1, -0.05) is 36.4 Å². The number of benzene rings is 2. The first-order chi connectivity index (χ1) is 15.4. The van der Waals surface area contributed by atoms with Crippen LogP contribution in [0.25, 0.3) is 11.1 Å². The number of thiophene rings is 1. The van der Waals surface area contributed by atoms with Crippen LogP contribution in [0.3, 0.4) is 0 Å². The third-order valence-corrected chi connectivity index (χ3v) is 6.87. The third kappa shape index (κ3) is 4.28. The van der Waals surface area contributed by atoms with Gasteiger partial charge in [-0.05, 0) is 58.5 Å². The van der Waals surface area contributed by atoms with E-state index in [0.29, 0.717) is 37.2 Å². The lowest BCUT2D eigenvalue weighted by Crippen LogP contribution is -2.44. The maximum Gasteiger partial charge on any atom is 0.257 e. The fraction of sp³-hybridized carbons (Fsp3) is 0.308. The van der Waals surface area contributed by atoms with Gasteiger partial charge in [0.25, 0.3) is 5.91 Å². The molecule has 0 radical (unpaired) electrons. The summed E-state index contributed by atoms with van der Waals surface area (Å²) in [5.74, 6) is 0.524. The van der Waals surface area contributed by atoms with Crippen molar-refractivity contribution < 1.29 is 14.3 Å². The van der Waals surface area contributed by atoms with Crippen molar-refractivity contribution in [3.8, 4) is 16.9 Å². The number of para-hydroxylation sites is 1. The lowest BCUT2D eigenvalue weighted by molar-refractivity contribution is -0.138. The number of ether oxygens (including phenoxy) is 1. The second-order valence-corrected chi connectivity index (χ2v) is 9.32. The van der Waals surface area contributed by atoms with Gasteiger partial charge in [0.15, 0.2) is 0 Å². The minimum atomic E-state index is -0.634. The van der Waals surface area contributed by atoms with E-state index >= 15 is 0 Å². The van der Waals surface area contributed by atoms with E-state index in [9.17, 15) is 9.59 Å². The molecule has 0 unspecified atom stereocenters. The molecule has 1 fully saturated rings. The number of carbonyl (C=O) groups is 2. The van der Waals surface area contributed by atoms with Crippen LogP contribution in [-0.2, 0) is 11.2 Å². The Morgan fingerprint density at radius 1 is 1.06 bits per heavy atom. The van der Waals surface area contributed by atoms with Gasteiger partial charge in [0.05, 0.1) is 18.1 Å². The van der Waals surface area contributed by atoms with Gasteiger partial charge in [0.1, 0.15) is 5.75 Å². The molecule has 1 atom stereocenters. The molecule has 1 aliphatic rings. The van der Waals surface area contributed by atoms with Crippen LogP contribution in [0.5, 0.6) is 5.75 Å². The Balaban J connectivity index is 1.58. The van der Waals surface area contributed by atoms with E-state index in [1.807, 2.05) is 12.1 Å². The van der Waals surface area contributed by atoms with Crippen LogP contribution in [0.2, 0.25) is 0 Å². The fourth-order valence-electron chi connectivity index (χ4n) is 4.54. The monoisotopic (exact) mass is 448 g/mol. The molecule has 2 heterocycles. The van der Waals surface area contributed by atoms with Gasteiger partial charge in [-0.25, -0.2) is 0 Å². The molecule has 2 aromatic carbocycles. The SMILES string of the molecule is COc1ccccc1C(=O)N1CC[C@@](Cc2ccc(-c3ccsc3)cc2)(C(=O)N(C)C)C1. The molecule has 0 bridgehead atoms. The van der Waals surface area contributed by atoms with Crippen LogP contribution < -0.4 is 4.74 Å².